The fraction of sp³-hybridized carbons (Fsp3) is 0.0667. The van der Waals surface area contributed by atoms with E-state index in [2.05, 4.69) is 26.0 Å². The summed E-state index contributed by atoms with van der Waals surface area (Å²) >= 11 is 3.23. The summed E-state index contributed by atoms with van der Waals surface area (Å²) < 4.78 is 20.7. The predicted octanol–water partition coefficient (Wildman–Crippen LogP) is 3.60. The maximum atomic E-state index is 13.0. The summed E-state index contributed by atoms with van der Waals surface area (Å²) in [6.45, 7) is 0.404. The van der Waals surface area contributed by atoms with Crippen LogP contribution in [0.5, 0.6) is 11.8 Å². The molecule has 2 N–H and O–H groups in total. The first-order valence-corrected chi connectivity index (χ1v) is 7.28. The Balaban J connectivity index is 1.86. The van der Waals surface area contributed by atoms with Crippen LogP contribution in [0.15, 0.2) is 53.3 Å². The average molecular weight is 363 g/mol. The van der Waals surface area contributed by atoms with Gasteiger partial charge in [0, 0.05) is 0 Å². The van der Waals surface area contributed by atoms with E-state index in [1.807, 2.05) is 12.1 Å². The SMILES string of the molecule is Nc1ccccc1Oc1nc(Br)nn1Cc1ccc(F)cc1. The standard InChI is InChI=1S/C15H12BrFN4O/c16-14-19-15(22-13-4-2-1-3-12(13)18)21(20-14)9-10-5-7-11(17)8-6-10/h1-8H,9,18H2. The number of halogens is 2. The highest BCUT2D eigenvalue weighted by atomic mass is 79.9. The third kappa shape index (κ3) is 3.25. The number of hydrogen-bond acceptors (Lipinski definition) is 4. The molecule has 0 saturated carbocycles. The van der Waals surface area contributed by atoms with Crippen molar-refractivity contribution in [3.05, 3.63) is 64.6 Å². The lowest BCUT2D eigenvalue weighted by molar-refractivity contribution is 0.407. The highest BCUT2D eigenvalue weighted by Gasteiger charge is 2.12. The zero-order valence-corrected chi connectivity index (χ0v) is 13.0. The number of benzene rings is 2. The second kappa shape index (κ2) is 6.15. The zero-order valence-electron chi connectivity index (χ0n) is 11.4. The van der Waals surface area contributed by atoms with Gasteiger partial charge in [-0.05, 0) is 45.8 Å². The monoisotopic (exact) mass is 362 g/mol. The van der Waals surface area contributed by atoms with Gasteiger partial charge in [0.25, 0.3) is 0 Å². The normalized spacial score (nSPS) is 10.6. The van der Waals surface area contributed by atoms with Gasteiger partial charge in [0.15, 0.2) is 5.75 Å². The first-order valence-electron chi connectivity index (χ1n) is 6.49. The van der Waals surface area contributed by atoms with E-state index in [1.54, 1.807) is 28.9 Å². The number of anilines is 1. The molecule has 0 aliphatic rings. The van der Waals surface area contributed by atoms with Crippen molar-refractivity contribution in [3.8, 4) is 11.8 Å². The quantitative estimate of drug-likeness (QED) is 0.720. The van der Waals surface area contributed by atoms with E-state index in [0.717, 1.165) is 5.56 Å². The van der Waals surface area contributed by atoms with E-state index in [1.165, 1.54) is 12.1 Å². The summed E-state index contributed by atoms with van der Waals surface area (Å²) in [6, 6.07) is 13.6. The summed E-state index contributed by atoms with van der Waals surface area (Å²) in [5.41, 5.74) is 7.25. The van der Waals surface area contributed by atoms with E-state index in [9.17, 15) is 4.39 Å². The Bertz CT molecular complexity index is 788. The number of nitrogens with two attached hydrogens (primary N) is 1. The zero-order chi connectivity index (χ0) is 15.5. The van der Waals surface area contributed by atoms with Gasteiger partial charge in [0.05, 0.1) is 12.2 Å². The van der Waals surface area contributed by atoms with E-state index < -0.39 is 0 Å². The van der Waals surface area contributed by atoms with Crippen LogP contribution in [0.1, 0.15) is 5.56 Å². The lowest BCUT2D eigenvalue weighted by Gasteiger charge is -2.09. The molecule has 0 fully saturated rings. The van der Waals surface area contributed by atoms with Crippen molar-refractivity contribution < 1.29 is 9.13 Å². The van der Waals surface area contributed by atoms with Crippen molar-refractivity contribution >= 4 is 21.6 Å². The highest BCUT2D eigenvalue weighted by Crippen LogP contribution is 2.27. The van der Waals surface area contributed by atoms with Crippen LogP contribution in [-0.4, -0.2) is 14.8 Å². The molecule has 5 nitrogen and oxygen atoms in total. The fourth-order valence-electron chi connectivity index (χ4n) is 1.91. The molecule has 0 bridgehead atoms. The Kier molecular flexibility index (Phi) is 4.06. The van der Waals surface area contributed by atoms with Crippen LogP contribution >= 0.6 is 15.9 Å². The van der Waals surface area contributed by atoms with Gasteiger partial charge in [0.1, 0.15) is 5.82 Å². The maximum Gasteiger partial charge on any atom is 0.321 e. The summed E-state index contributed by atoms with van der Waals surface area (Å²) in [5.74, 6) is 0.222. The van der Waals surface area contributed by atoms with Gasteiger partial charge < -0.3 is 10.5 Å². The number of rotatable bonds is 4. The van der Waals surface area contributed by atoms with Crippen LogP contribution in [0.3, 0.4) is 0 Å². The number of nitrogen functional groups attached to an aromatic ring is 1. The molecule has 3 rings (SSSR count). The summed E-state index contributed by atoms with van der Waals surface area (Å²) in [6.07, 6.45) is 0. The Morgan fingerprint density at radius 1 is 1.14 bits per heavy atom. The first-order chi connectivity index (χ1) is 10.6. The molecular weight excluding hydrogens is 351 g/mol. The van der Waals surface area contributed by atoms with Gasteiger partial charge in [-0.2, -0.15) is 4.98 Å². The molecule has 0 atom stereocenters. The Hall–Kier alpha value is -2.41. The number of hydrogen-bond donors (Lipinski definition) is 1. The highest BCUT2D eigenvalue weighted by molar-refractivity contribution is 9.10. The molecule has 0 spiro atoms. The molecular formula is C15H12BrFN4O. The molecule has 112 valence electrons. The molecule has 22 heavy (non-hydrogen) atoms. The molecule has 0 amide bonds. The van der Waals surface area contributed by atoms with Crippen molar-refractivity contribution in [1.29, 1.82) is 0 Å². The van der Waals surface area contributed by atoms with Crippen LogP contribution in [-0.2, 0) is 6.54 Å². The van der Waals surface area contributed by atoms with E-state index in [-0.39, 0.29) is 5.82 Å². The van der Waals surface area contributed by atoms with E-state index in [0.29, 0.717) is 28.7 Å². The third-order valence-corrected chi connectivity index (χ3v) is 3.31. The predicted molar refractivity (Wildman–Crippen MR) is 84.2 cm³/mol. The topological polar surface area (TPSA) is 66.0 Å². The third-order valence-electron chi connectivity index (χ3n) is 2.98. The molecule has 0 aliphatic heterocycles. The Labute approximate surface area is 134 Å². The fourth-order valence-corrected chi connectivity index (χ4v) is 2.26. The van der Waals surface area contributed by atoms with Gasteiger partial charge >= 0.3 is 6.01 Å². The van der Waals surface area contributed by atoms with Crippen molar-refractivity contribution in [2.75, 3.05) is 5.73 Å². The van der Waals surface area contributed by atoms with Gasteiger partial charge in [-0.3, -0.25) is 0 Å². The Morgan fingerprint density at radius 3 is 2.59 bits per heavy atom. The molecule has 1 heterocycles. The molecule has 0 saturated heterocycles. The van der Waals surface area contributed by atoms with Crippen LogP contribution in [0, 0.1) is 5.82 Å². The lowest BCUT2D eigenvalue weighted by Crippen LogP contribution is -2.05. The van der Waals surface area contributed by atoms with Crippen LogP contribution < -0.4 is 10.5 Å². The van der Waals surface area contributed by atoms with Gasteiger partial charge in [-0.25, -0.2) is 9.07 Å². The maximum absolute atomic E-state index is 13.0. The van der Waals surface area contributed by atoms with E-state index >= 15 is 0 Å². The largest absolute Gasteiger partial charge is 0.422 e. The second-order valence-electron chi connectivity index (χ2n) is 4.59. The van der Waals surface area contributed by atoms with Crippen molar-refractivity contribution in [3.63, 3.8) is 0 Å². The smallest absolute Gasteiger partial charge is 0.321 e. The summed E-state index contributed by atoms with van der Waals surface area (Å²) in [4.78, 5) is 4.18. The summed E-state index contributed by atoms with van der Waals surface area (Å²) in [5, 5.41) is 4.22. The van der Waals surface area contributed by atoms with Crippen LogP contribution in [0.2, 0.25) is 0 Å². The van der Waals surface area contributed by atoms with Gasteiger partial charge in [0.2, 0.25) is 4.73 Å². The minimum absolute atomic E-state index is 0.281. The van der Waals surface area contributed by atoms with Crippen molar-refractivity contribution in [2.24, 2.45) is 0 Å². The molecule has 1 aromatic heterocycles. The first kappa shape index (κ1) is 14.5. The van der Waals surface area contributed by atoms with Crippen LogP contribution in [0.25, 0.3) is 0 Å². The lowest BCUT2D eigenvalue weighted by atomic mass is 10.2. The average Bonchev–Trinajstić information content (AvgIpc) is 2.83. The van der Waals surface area contributed by atoms with Gasteiger partial charge in [-0.1, -0.05) is 24.3 Å². The Morgan fingerprint density at radius 2 is 1.86 bits per heavy atom. The minimum atomic E-state index is -0.281. The number of nitrogens with zero attached hydrogens (tertiary/aromatic N) is 3. The molecule has 2 aromatic carbocycles. The van der Waals surface area contributed by atoms with Crippen LogP contribution in [0.4, 0.5) is 10.1 Å². The number of para-hydroxylation sites is 2. The molecule has 0 radical (unpaired) electrons. The molecule has 3 aromatic rings. The summed E-state index contributed by atoms with van der Waals surface area (Å²) in [7, 11) is 0. The minimum Gasteiger partial charge on any atom is -0.422 e. The molecule has 7 heteroatoms. The number of ether oxygens (including phenoxy) is 1. The molecule has 0 unspecified atom stereocenters. The van der Waals surface area contributed by atoms with Gasteiger partial charge in [-0.15, -0.1) is 5.10 Å². The van der Waals surface area contributed by atoms with Crippen molar-refractivity contribution in [2.45, 2.75) is 6.54 Å². The van der Waals surface area contributed by atoms with E-state index in [4.69, 9.17) is 10.5 Å². The van der Waals surface area contributed by atoms with Crippen molar-refractivity contribution in [1.82, 2.24) is 14.8 Å². The molecule has 0 aliphatic carbocycles. The second-order valence-corrected chi connectivity index (χ2v) is 5.30. The number of aromatic nitrogens is 3.